The van der Waals surface area contributed by atoms with E-state index < -0.39 is 0 Å². The molecule has 9 heteroatoms. The van der Waals surface area contributed by atoms with Crippen LogP contribution in [-0.4, -0.2) is 59.0 Å². The molecule has 1 atom stereocenters. The normalized spacial score (nSPS) is 18.0. The highest BCUT2D eigenvalue weighted by molar-refractivity contribution is 5.83. The van der Waals surface area contributed by atoms with E-state index in [0.29, 0.717) is 24.3 Å². The SMILES string of the molecule is Cc1cc(Cn2nnc3c(N4CC[C@H](O)C4)nc(C(C)(C)C)nc32)n(C)n1. The molecule has 0 aromatic carbocycles. The number of aliphatic hydroxyl groups is 1. The van der Waals surface area contributed by atoms with E-state index in [1.807, 2.05) is 24.7 Å². The van der Waals surface area contributed by atoms with Crippen LogP contribution < -0.4 is 4.90 Å². The van der Waals surface area contributed by atoms with Crippen molar-refractivity contribution in [3.8, 4) is 0 Å². The van der Waals surface area contributed by atoms with Gasteiger partial charge in [-0.25, -0.2) is 14.6 Å². The van der Waals surface area contributed by atoms with Crippen LogP contribution in [0.2, 0.25) is 0 Å². The minimum absolute atomic E-state index is 0.209. The second-order valence-corrected chi connectivity index (χ2v) is 8.33. The maximum atomic E-state index is 9.96. The molecule has 0 saturated carbocycles. The van der Waals surface area contributed by atoms with E-state index in [4.69, 9.17) is 9.97 Å². The van der Waals surface area contributed by atoms with Gasteiger partial charge in [0, 0.05) is 25.6 Å². The number of fused-ring (bicyclic) bond motifs is 1. The number of aryl methyl sites for hydroxylation is 2. The fourth-order valence-corrected chi connectivity index (χ4v) is 3.40. The van der Waals surface area contributed by atoms with Crippen molar-refractivity contribution in [1.82, 2.24) is 34.7 Å². The summed E-state index contributed by atoms with van der Waals surface area (Å²) in [5.74, 6) is 1.50. The summed E-state index contributed by atoms with van der Waals surface area (Å²) in [4.78, 5) is 11.7. The molecular weight excluding hydrogens is 344 g/mol. The summed E-state index contributed by atoms with van der Waals surface area (Å²) in [7, 11) is 1.92. The van der Waals surface area contributed by atoms with Crippen molar-refractivity contribution in [1.29, 1.82) is 0 Å². The topological polar surface area (TPSA) is 97.8 Å². The molecule has 3 aromatic heterocycles. The van der Waals surface area contributed by atoms with Crippen LogP contribution in [0, 0.1) is 6.92 Å². The highest BCUT2D eigenvalue weighted by Gasteiger charge is 2.28. The zero-order valence-corrected chi connectivity index (χ0v) is 16.5. The van der Waals surface area contributed by atoms with Gasteiger partial charge in [0.05, 0.1) is 24.0 Å². The average molecular weight is 370 g/mol. The molecule has 1 aliphatic heterocycles. The van der Waals surface area contributed by atoms with E-state index in [0.717, 1.165) is 36.0 Å². The summed E-state index contributed by atoms with van der Waals surface area (Å²) in [5, 5.41) is 23.1. The Labute approximate surface area is 158 Å². The van der Waals surface area contributed by atoms with E-state index in [9.17, 15) is 5.11 Å². The van der Waals surface area contributed by atoms with Gasteiger partial charge in [-0.1, -0.05) is 26.0 Å². The fraction of sp³-hybridized carbons (Fsp3) is 0.611. The number of anilines is 1. The van der Waals surface area contributed by atoms with Gasteiger partial charge in [-0.15, -0.1) is 5.10 Å². The Morgan fingerprint density at radius 1 is 1.26 bits per heavy atom. The Morgan fingerprint density at radius 2 is 2.04 bits per heavy atom. The van der Waals surface area contributed by atoms with Gasteiger partial charge >= 0.3 is 0 Å². The smallest absolute Gasteiger partial charge is 0.184 e. The van der Waals surface area contributed by atoms with Crippen molar-refractivity contribution in [2.75, 3.05) is 18.0 Å². The summed E-state index contributed by atoms with van der Waals surface area (Å²) in [5.41, 5.74) is 3.18. The van der Waals surface area contributed by atoms with Crippen molar-refractivity contribution in [2.45, 2.75) is 52.2 Å². The maximum Gasteiger partial charge on any atom is 0.184 e. The fourth-order valence-electron chi connectivity index (χ4n) is 3.40. The third kappa shape index (κ3) is 3.27. The molecule has 27 heavy (non-hydrogen) atoms. The summed E-state index contributed by atoms with van der Waals surface area (Å²) in [6.07, 6.45) is 0.402. The molecule has 0 aliphatic carbocycles. The number of aliphatic hydroxyl groups excluding tert-OH is 1. The Hall–Kier alpha value is -2.55. The lowest BCUT2D eigenvalue weighted by Gasteiger charge is -2.21. The van der Waals surface area contributed by atoms with Gasteiger partial charge in [0.2, 0.25) is 0 Å². The summed E-state index contributed by atoms with van der Waals surface area (Å²) < 4.78 is 3.66. The van der Waals surface area contributed by atoms with Crippen LogP contribution in [0.3, 0.4) is 0 Å². The first kappa shape index (κ1) is 17.8. The zero-order valence-electron chi connectivity index (χ0n) is 16.5. The van der Waals surface area contributed by atoms with Crippen LogP contribution in [-0.2, 0) is 19.0 Å². The first-order valence-electron chi connectivity index (χ1n) is 9.26. The molecule has 1 saturated heterocycles. The number of aromatic nitrogens is 7. The third-order valence-electron chi connectivity index (χ3n) is 4.89. The number of hydrogen-bond donors (Lipinski definition) is 1. The van der Waals surface area contributed by atoms with Crippen molar-refractivity contribution in [3.05, 3.63) is 23.3 Å². The minimum Gasteiger partial charge on any atom is -0.391 e. The first-order chi connectivity index (χ1) is 12.7. The second-order valence-electron chi connectivity index (χ2n) is 8.33. The van der Waals surface area contributed by atoms with Gasteiger partial charge in [0.25, 0.3) is 0 Å². The van der Waals surface area contributed by atoms with Gasteiger partial charge < -0.3 is 10.0 Å². The van der Waals surface area contributed by atoms with Crippen LogP contribution in [0.25, 0.3) is 11.2 Å². The zero-order chi connectivity index (χ0) is 19.3. The summed E-state index contributed by atoms with van der Waals surface area (Å²) >= 11 is 0. The molecule has 0 radical (unpaired) electrons. The van der Waals surface area contributed by atoms with Crippen LogP contribution in [0.5, 0.6) is 0 Å². The lowest BCUT2D eigenvalue weighted by molar-refractivity contribution is 0.198. The van der Waals surface area contributed by atoms with Crippen molar-refractivity contribution >= 4 is 17.0 Å². The average Bonchev–Trinajstić information content (AvgIpc) is 3.26. The number of rotatable bonds is 3. The predicted molar refractivity (Wildman–Crippen MR) is 102 cm³/mol. The van der Waals surface area contributed by atoms with E-state index >= 15 is 0 Å². The van der Waals surface area contributed by atoms with Crippen molar-refractivity contribution < 1.29 is 5.11 Å². The number of β-amino-alcohol motifs (C(OH)–C–C–N with tert-alkyl or cyclic N) is 1. The standard InChI is InChI=1S/C18H26N8O/c1-11-8-12(24(5)22-11)9-26-16-14(21-23-26)15(25-7-6-13(27)10-25)19-17(20-16)18(2,3)4/h8,13,27H,6-7,9-10H2,1-5H3/t13-/m0/s1. The number of hydrogen-bond acceptors (Lipinski definition) is 7. The Morgan fingerprint density at radius 3 is 2.63 bits per heavy atom. The van der Waals surface area contributed by atoms with E-state index in [-0.39, 0.29) is 11.5 Å². The molecule has 4 rings (SSSR count). The Kier molecular flexibility index (Phi) is 4.14. The lowest BCUT2D eigenvalue weighted by Crippen LogP contribution is -2.25. The molecular formula is C18H26N8O. The third-order valence-corrected chi connectivity index (χ3v) is 4.89. The van der Waals surface area contributed by atoms with Gasteiger partial charge in [0.1, 0.15) is 5.82 Å². The van der Waals surface area contributed by atoms with Crippen LogP contribution in [0.15, 0.2) is 6.07 Å². The quantitative estimate of drug-likeness (QED) is 0.739. The van der Waals surface area contributed by atoms with Crippen molar-refractivity contribution in [2.24, 2.45) is 7.05 Å². The Bertz CT molecular complexity index is 983. The van der Waals surface area contributed by atoms with Gasteiger partial charge in [0.15, 0.2) is 17.0 Å². The van der Waals surface area contributed by atoms with Crippen LogP contribution >= 0.6 is 0 Å². The van der Waals surface area contributed by atoms with Crippen LogP contribution in [0.1, 0.15) is 44.4 Å². The highest BCUT2D eigenvalue weighted by Crippen LogP contribution is 2.29. The predicted octanol–water partition coefficient (Wildman–Crippen LogP) is 1.18. The maximum absolute atomic E-state index is 9.96. The lowest BCUT2D eigenvalue weighted by atomic mass is 9.96. The molecule has 4 heterocycles. The molecule has 9 nitrogen and oxygen atoms in total. The molecule has 144 valence electrons. The number of nitrogens with zero attached hydrogens (tertiary/aromatic N) is 8. The van der Waals surface area contributed by atoms with E-state index in [1.54, 1.807) is 4.68 Å². The van der Waals surface area contributed by atoms with Crippen LogP contribution in [0.4, 0.5) is 5.82 Å². The van der Waals surface area contributed by atoms with Gasteiger partial charge in [-0.05, 0) is 19.4 Å². The molecule has 1 N–H and O–H groups in total. The molecule has 0 amide bonds. The molecule has 1 fully saturated rings. The highest BCUT2D eigenvalue weighted by atomic mass is 16.3. The molecule has 0 bridgehead atoms. The first-order valence-corrected chi connectivity index (χ1v) is 9.26. The monoisotopic (exact) mass is 370 g/mol. The van der Waals surface area contributed by atoms with Crippen molar-refractivity contribution in [3.63, 3.8) is 0 Å². The molecule has 0 unspecified atom stereocenters. The molecule has 0 spiro atoms. The van der Waals surface area contributed by atoms with E-state index in [1.165, 1.54) is 0 Å². The largest absolute Gasteiger partial charge is 0.391 e. The summed E-state index contributed by atoms with van der Waals surface area (Å²) in [6.45, 7) is 10.1. The van der Waals surface area contributed by atoms with E-state index in [2.05, 4.69) is 41.1 Å². The second kappa shape index (κ2) is 6.26. The minimum atomic E-state index is -0.333. The molecule has 3 aromatic rings. The Balaban J connectivity index is 1.83. The van der Waals surface area contributed by atoms with Gasteiger partial charge in [-0.2, -0.15) is 5.10 Å². The molecule has 1 aliphatic rings. The summed E-state index contributed by atoms with van der Waals surface area (Å²) in [6, 6.07) is 2.04. The van der Waals surface area contributed by atoms with Gasteiger partial charge in [-0.3, -0.25) is 4.68 Å².